The fourth-order valence-corrected chi connectivity index (χ4v) is 6.46. The molecular formula is C22H26Cl2N2O4S. The molecule has 0 aromatic heterocycles. The maximum atomic E-state index is 13.1. The molecule has 0 N–H and O–H groups in total. The summed E-state index contributed by atoms with van der Waals surface area (Å²) >= 11 is 12.2. The van der Waals surface area contributed by atoms with Crippen LogP contribution in [0, 0.1) is 5.92 Å². The predicted octanol–water partition coefficient (Wildman–Crippen LogP) is 4.62. The average molecular weight is 485 g/mol. The van der Waals surface area contributed by atoms with Crippen LogP contribution < -0.4 is 4.74 Å². The molecule has 2 aromatic carbocycles. The van der Waals surface area contributed by atoms with E-state index in [9.17, 15) is 13.2 Å². The number of ether oxygens (including phenoxy) is 1. The molecule has 1 fully saturated rings. The quantitative estimate of drug-likeness (QED) is 0.599. The van der Waals surface area contributed by atoms with Gasteiger partial charge >= 0.3 is 0 Å². The molecule has 0 radical (unpaired) electrons. The molecule has 31 heavy (non-hydrogen) atoms. The molecular weight excluding hydrogens is 459 g/mol. The van der Waals surface area contributed by atoms with Crippen molar-refractivity contribution in [1.29, 1.82) is 0 Å². The Labute approximate surface area is 193 Å². The summed E-state index contributed by atoms with van der Waals surface area (Å²) in [5.74, 6) is 0.466. The topological polar surface area (TPSA) is 66.9 Å². The summed E-state index contributed by atoms with van der Waals surface area (Å²) in [7, 11) is -0.457. The average Bonchev–Trinajstić information content (AvgIpc) is 2.77. The smallest absolute Gasteiger partial charge is 0.246 e. The number of piperidine rings is 1. The first-order chi connectivity index (χ1) is 14.7. The van der Waals surface area contributed by atoms with Crippen molar-refractivity contribution >= 4 is 39.1 Å². The summed E-state index contributed by atoms with van der Waals surface area (Å²) < 4.78 is 32.9. The van der Waals surface area contributed by atoms with Gasteiger partial charge in [-0.2, -0.15) is 4.31 Å². The number of carbonyl (C=O) groups excluding carboxylic acids is 1. The zero-order valence-electron chi connectivity index (χ0n) is 17.7. The van der Waals surface area contributed by atoms with E-state index >= 15 is 0 Å². The van der Waals surface area contributed by atoms with Crippen molar-refractivity contribution in [2.24, 2.45) is 5.92 Å². The minimum Gasteiger partial charge on any atom is -0.496 e. The van der Waals surface area contributed by atoms with Crippen molar-refractivity contribution in [3.63, 3.8) is 0 Å². The van der Waals surface area contributed by atoms with Crippen LogP contribution in [0.4, 0.5) is 0 Å². The second-order valence-electron chi connectivity index (χ2n) is 7.60. The van der Waals surface area contributed by atoms with Gasteiger partial charge in [-0.3, -0.25) is 4.79 Å². The Morgan fingerprint density at radius 2 is 1.68 bits per heavy atom. The second kappa shape index (κ2) is 9.77. The van der Waals surface area contributed by atoms with Crippen molar-refractivity contribution in [3.8, 4) is 5.75 Å². The van der Waals surface area contributed by atoms with Gasteiger partial charge in [-0.1, -0.05) is 47.5 Å². The largest absolute Gasteiger partial charge is 0.496 e. The highest BCUT2D eigenvalue weighted by atomic mass is 35.5. The molecule has 6 nitrogen and oxygen atoms in total. The maximum absolute atomic E-state index is 13.1. The number of amides is 1. The van der Waals surface area contributed by atoms with E-state index in [-0.39, 0.29) is 45.9 Å². The summed E-state index contributed by atoms with van der Waals surface area (Å²) in [6, 6.07) is 12.0. The van der Waals surface area contributed by atoms with E-state index in [1.165, 1.54) is 16.4 Å². The first-order valence-electron chi connectivity index (χ1n) is 10.0. The summed E-state index contributed by atoms with van der Waals surface area (Å²) in [5, 5.41) is 0.187. The Kier molecular flexibility index (Phi) is 7.52. The van der Waals surface area contributed by atoms with Crippen LogP contribution in [0.5, 0.6) is 5.75 Å². The van der Waals surface area contributed by atoms with Crippen LogP contribution in [0.2, 0.25) is 10.0 Å². The monoisotopic (exact) mass is 484 g/mol. The minimum atomic E-state index is -3.83. The number of hydrogen-bond acceptors (Lipinski definition) is 4. The molecule has 1 unspecified atom stereocenters. The van der Waals surface area contributed by atoms with Gasteiger partial charge in [0.05, 0.1) is 23.2 Å². The predicted molar refractivity (Wildman–Crippen MR) is 122 cm³/mol. The summed E-state index contributed by atoms with van der Waals surface area (Å²) in [4.78, 5) is 14.7. The van der Waals surface area contributed by atoms with Crippen LogP contribution in [-0.4, -0.2) is 50.8 Å². The number of halogens is 2. The zero-order chi connectivity index (χ0) is 22.8. The minimum absolute atomic E-state index is 0.00812. The number of para-hydroxylation sites is 1. The van der Waals surface area contributed by atoms with Gasteiger partial charge in [-0.15, -0.1) is 0 Å². The normalized spacial score (nSPS) is 16.7. The van der Waals surface area contributed by atoms with Gasteiger partial charge in [0.2, 0.25) is 15.9 Å². The van der Waals surface area contributed by atoms with Crippen LogP contribution in [-0.2, 0) is 14.8 Å². The van der Waals surface area contributed by atoms with Gasteiger partial charge in [-0.25, -0.2) is 8.42 Å². The lowest BCUT2D eigenvalue weighted by Gasteiger charge is -2.35. The van der Waals surface area contributed by atoms with E-state index in [1.807, 2.05) is 31.2 Å². The molecule has 1 saturated heterocycles. The molecule has 1 amide bonds. The number of methoxy groups -OCH3 is 1. The van der Waals surface area contributed by atoms with Crippen molar-refractivity contribution in [3.05, 3.63) is 58.1 Å². The van der Waals surface area contributed by atoms with Crippen molar-refractivity contribution in [1.82, 2.24) is 9.21 Å². The van der Waals surface area contributed by atoms with Gasteiger partial charge in [0, 0.05) is 31.6 Å². The van der Waals surface area contributed by atoms with Gasteiger partial charge in [0.1, 0.15) is 10.6 Å². The molecule has 1 aliphatic rings. The fraction of sp³-hybridized carbons (Fsp3) is 0.409. The van der Waals surface area contributed by atoms with Crippen LogP contribution in [0.1, 0.15) is 31.4 Å². The molecule has 0 spiro atoms. The summed E-state index contributed by atoms with van der Waals surface area (Å²) in [6.45, 7) is 2.42. The lowest BCUT2D eigenvalue weighted by Crippen LogP contribution is -2.44. The Morgan fingerprint density at radius 1 is 1.10 bits per heavy atom. The van der Waals surface area contributed by atoms with Crippen LogP contribution in [0.3, 0.4) is 0 Å². The van der Waals surface area contributed by atoms with E-state index in [2.05, 4.69) is 0 Å². The lowest BCUT2D eigenvalue weighted by molar-refractivity contribution is -0.137. The highest BCUT2D eigenvalue weighted by Crippen LogP contribution is 2.34. The fourth-order valence-electron chi connectivity index (χ4n) is 3.90. The highest BCUT2D eigenvalue weighted by molar-refractivity contribution is 7.89. The first-order valence-corrected chi connectivity index (χ1v) is 12.2. The Morgan fingerprint density at radius 3 is 2.26 bits per heavy atom. The molecule has 1 aliphatic heterocycles. The third-order valence-corrected chi connectivity index (χ3v) is 8.69. The highest BCUT2D eigenvalue weighted by Gasteiger charge is 2.36. The molecule has 0 saturated carbocycles. The second-order valence-corrected chi connectivity index (χ2v) is 10.3. The Balaban J connectivity index is 1.69. The summed E-state index contributed by atoms with van der Waals surface area (Å²) in [5.41, 5.74) is 0.925. The maximum Gasteiger partial charge on any atom is 0.246 e. The third-order valence-electron chi connectivity index (χ3n) is 5.84. The lowest BCUT2D eigenvalue weighted by atomic mass is 9.95. The van der Waals surface area contributed by atoms with Crippen molar-refractivity contribution in [2.75, 3.05) is 27.2 Å². The van der Waals surface area contributed by atoms with E-state index in [0.717, 1.165) is 11.3 Å². The van der Waals surface area contributed by atoms with E-state index in [4.69, 9.17) is 27.9 Å². The van der Waals surface area contributed by atoms with E-state index in [0.29, 0.717) is 12.8 Å². The number of rotatable bonds is 6. The van der Waals surface area contributed by atoms with Crippen LogP contribution in [0.25, 0.3) is 0 Å². The van der Waals surface area contributed by atoms with Crippen molar-refractivity contribution < 1.29 is 17.9 Å². The molecule has 9 heteroatoms. The molecule has 168 valence electrons. The molecule has 0 aliphatic carbocycles. The standard InChI is InChI=1S/C22H26Cl2N2O4S/c1-15(17-7-4-5-10-20(17)30-3)25(2)22(27)16-11-13-26(14-12-16)31(28,29)21-18(23)8-6-9-19(21)24/h4-10,15-16H,11-14H2,1-3H3. The summed E-state index contributed by atoms with van der Waals surface area (Å²) in [6.07, 6.45) is 0.867. The molecule has 3 rings (SSSR count). The number of carbonyl (C=O) groups is 1. The molecule has 2 aromatic rings. The van der Waals surface area contributed by atoms with E-state index in [1.54, 1.807) is 25.1 Å². The number of sulfonamides is 1. The van der Waals surface area contributed by atoms with Gasteiger partial charge in [-0.05, 0) is 38.0 Å². The SMILES string of the molecule is COc1ccccc1C(C)N(C)C(=O)C1CCN(S(=O)(=O)c2c(Cl)cccc2Cl)CC1. The van der Waals surface area contributed by atoms with E-state index < -0.39 is 10.0 Å². The Bertz CT molecular complexity index is 1030. The zero-order valence-corrected chi connectivity index (χ0v) is 20.0. The number of benzene rings is 2. The molecule has 1 atom stereocenters. The Hall–Kier alpha value is -1.80. The molecule has 1 heterocycles. The first kappa shape index (κ1) is 23.9. The van der Waals surface area contributed by atoms with Crippen molar-refractivity contribution in [2.45, 2.75) is 30.7 Å². The molecule has 0 bridgehead atoms. The van der Waals surface area contributed by atoms with Crippen LogP contribution >= 0.6 is 23.2 Å². The number of nitrogens with zero attached hydrogens (tertiary/aromatic N) is 2. The number of hydrogen-bond donors (Lipinski definition) is 0. The van der Waals surface area contributed by atoms with Gasteiger partial charge < -0.3 is 9.64 Å². The van der Waals surface area contributed by atoms with Gasteiger partial charge in [0.15, 0.2) is 0 Å². The van der Waals surface area contributed by atoms with Gasteiger partial charge in [0.25, 0.3) is 0 Å². The third kappa shape index (κ3) is 4.85. The van der Waals surface area contributed by atoms with Crippen LogP contribution in [0.15, 0.2) is 47.4 Å².